The molecule has 1 aliphatic rings. The fourth-order valence-corrected chi connectivity index (χ4v) is 2.16. The largest absolute Gasteiger partial charge is 0.480 e. The van der Waals surface area contributed by atoms with Gasteiger partial charge in [-0.3, -0.25) is 9.59 Å². The molecule has 21 heavy (non-hydrogen) atoms. The zero-order valence-electron chi connectivity index (χ0n) is 11.2. The van der Waals surface area contributed by atoms with E-state index in [4.69, 9.17) is 5.11 Å². The average Bonchev–Trinajstić information content (AvgIpc) is 3.13. The van der Waals surface area contributed by atoms with Gasteiger partial charge in [0.1, 0.15) is 18.1 Å². The minimum atomic E-state index is -1.23. The van der Waals surface area contributed by atoms with Gasteiger partial charge in [-0.05, 0) is 30.5 Å². The first-order chi connectivity index (χ1) is 10.1. The van der Waals surface area contributed by atoms with Gasteiger partial charge in [-0.2, -0.15) is 5.10 Å². The quantitative estimate of drug-likeness (QED) is 0.803. The van der Waals surface area contributed by atoms with E-state index in [-0.39, 0.29) is 0 Å². The maximum atomic E-state index is 12.0. The van der Waals surface area contributed by atoms with E-state index in [0.717, 1.165) is 5.56 Å². The van der Waals surface area contributed by atoms with Crippen molar-refractivity contribution in [1.29, 1.82) is 0 Å². The number of nitrogens with one attached hydrogen (secondary N) is 1. The highest BCUT2D eigenvalue weighted by molar-refractivity contribution is 6.10. The first-order valence-corrected chi connectivity index (χ1v) is 6.56. The molecule has 3 rings (SSSR count). The van der Waals surface area contributed by atoms with E-state index in [1.807, 2.05) is 12.1 Å². The molecule has 0 spiro atoms. The predicted octanol–water partition coefficient (Wildman–Crippen LogP) is 1.13. The van der Waals surface area contributed by atoms with Crippen molar-refractivity contribution in [3.63, 3.8) is 0 Å². The number of benzene rings is 1. The van der Waals surface area contributed by atoms with E-state index < -0.39 is 17.3 Å². The van der Waals surface area contributed by atoms with Crippen LogP contribution in [-0.2, 0) is 16.1 Å². The lowest BCUT2D eigenvalue weighted by atomic mass is 10.1. The van der Waals surface area contributed by atoms with Crippen molar-refractivity contribution in [3.8, 4) is 0 Å². The highest BCUT2D eigenvalue weighted by atomic mass is 16.4. The fraction of sp³-hybridized carbons (Fsp3) is 0.286. The number of carboxylic acids is 1. The summed E-state index contributed by atoms with van der Waals surface area (Å²) in [6.07, 6.45) is 3.85. The lowest BCUT2D eigenvalue weighted by molar-refractivity contribution is -0.147. The first kappa shape index (κ1) is 13.3. The number of rotatable bonds is 5. The van der Waals surface area contributed by atoms with Crippen LogP contribution in [0.3, 0.4) is 0 Å². The van der Waals surface area contributed by atoms with Crippen LogP contribution in [0.2, 0.25) is 0 Å². The lowest BCUT2D eigenvalue weighted by Gasteiger charge is -2.11. The van der Waals surface area contributed by atoms with Crippen LogP contribution < -0.4 is 5.32 Å². The van der Waals surface area contributed by atoms with Gasteiger partial charge in [0.15, 0.2) is 0 Å². The minimum Gasteiger partial charge on any atom is -0.480 e. The van der Waals surface area contributed by atoms with Gasteiger partial charge in [0.2, 0.25) is 5.91 Å². The van der Waals surface area contributed by atoms with Crippen molar-refractivity contribution >= 4 is 17.6 Å². The molecule has 0 saturated heterocycles. The number of carbonyl (C=O) groups excluding carboxylic acids is 1. The second-order valence-corrected chi connectivity index (χ2v) is 5.13. The van der Waals surface area contributed by atoms with Gasteiger partial charge in [0.25, 0.3) is 0 Å². The fourth-order valence-electron chi connectivity index (χ4n) is 2.16. The van der Waals surface area contributed by atoms with Crippen molar-refractivity contribution in [2.75, 3.05) is 5.32 Å². The monoisotopic (exact) mass is 286 g/mol. The summed E-state index contributed by atoms with van der Waals surface area (Å²) >= 11 is 0. The summed E-state index contributed by atoms with van der Waals surface area (Å²) in [4.78, 5) is 27.0. The van der Waals surface area contributed by atoms with Crippen LogP contribution in [0.15, 0.2) is 36.9 Å². The van der Waals surface area contributed by atoms with Crippen LogP contribution in [0.5, 0.6) is 0 Å². The second kappa shape index (κ2) is 5.01. The molecule has 1 fully saturated rings. The minimum absolute atomic E-state index is 0.396. The topological polar surface area (TPSA) is 97.1 Å². The molecule has 2 aromatic rings. The Hall–Kier alpha value is -2.70. The summed E-state index contributed by atoms with van der Waals surface area (Å²) in [5.41, 5.74) is 0.297. The van der Waals surface area contributed by atoms with Gasteiger partial charge >= 0.3 is 5.97 Å². The molecule has 108 valence electrons. The SMILES string of the molecule is O=C(O)C1(C(=O)Nc2cccc(Cn3cncn3)c2)CC1. The Morgan fingerprint density at radius 1 is 1.38 bits per heavy atom. The smallest absolute Gasteiger partial charge is 0.319 e. The molecular formula is C14H14N4O3. The number of hydrogen-bond donors (Lipinski definition) is 2. The molecule has 2 N–H and O–H groups in total. The number of carboxylic acid groups (broad SMARTS) is 1. The van der Waals surface area contributed by atoms with Gasteiger partial charge in [0.05, 0.1) is 6.54 Å². The molecule has 1 aromatic carbocycles. The molecule has 0 aliphatic heterocycles. The summed E-state index contributed by atoms with van der Waals surface area (Å²) in [5, 5.41) is 15.8. The normalized spacial score (nSPS) is 15.4. The van der Waals surface area contributed by atoms with Crippen molar-refractivity contribution in [2.24, 2.45) is 5.41 Å². The third kappa shape index (κ3) is 2.62. The van der Waals surface area contributed by atoms with E-state index in [9.17, 15) is 9.59 Å². The molecule has 1 heterocycles. The van der Waals surface area contributed by atoms with Crippen LogP contribution in [-0.4, -0.2) is 31.7 Å². The zero-order chi connectivity index (χ0) is 14.9. The molecule has 7 nitrogen and oxygen atoms in total. The van der Waals surface area contributed by atoms with Gasteiger partial charge in [0, 0.05) is 5.69 Å². The van der Waals surface area contributed by atoms with Crippen molar-refractivity contribution in [3.05, 3.63) is 42.5 Å². The predicted molar refractivity (Wildman–Crippen MR) is 73.5 cm³/mol. The van der Waals surface area contributed by atoms with Crippen LogP contribution >= 0.6 is 0 Å². The highest BCUT2D eigenvalue weighted by Crippen LogP contribution is 2.46. The molecule has 1 aromatic heterocycles. The van der Waals surface area contributed by atoms with E-state index >= 15 is 0 Å². The van der Waals surface area contributed by atoms with Crippen LogP contribution in [0, 0.1) is 5.41 Å². The second-order valence-electron chi connectivity index (χ2n) is 5.13. The molecule has 1 aliphatic carbocycles. The van der Waals surface area contributed by atoms with E-state index in [2.05, 4.69) is 15.4 Å². The lowest BCUT2D eigenvalue weighted by Crippen LogP contribution is -2.31. The van der Waals surface area contributed by atoms with Crippen molar-refractivity contribution in [2.45, 2.75) is 19.4 Å². The molecule has 1 saturated carbocycles. The van der Waals surface area contributed by atoms with Crippen LogP contribution in [0.4, 0.5) is 5.69 Å². The number of hydrogen-bond acceptors (Lipinski definition) is 4. The summed E-state index contributed by atoms with van der Waals surface area (Å²) in [6.45, 7) is 0.535. The van der Waals surface area contributed by atoms with Gasteiger partial charge in [-0.15, -0.1) is 0 Å². The molecule has 0 bridgehead atoms. The van der Waals surface area contributed by atoms with Crippen LogP contribution in [0.25, 0.3) is 0 Å². The summed E-state index contributed by atoms with van der Waals surface area (Å²) in [6, 6.07) is 7.25. The number of anilines is 1. The molecular weight excluding hydrogens is 272 g/mol. The number of aliphatic carboxylic acids is 1. The highest BCUT2D eigenvalue weighted by Gasteiger charge is 2.57. The van der Waals surface area contributed by atoms with Gasteiger partial charge < -0.3 is 10.4 Å². The maximum Gasteiger partial charge on any atom is 0.319 e. The summed E-state index contributed by atoms with van der Waals surface area (Å²) < 4.78 is 1.67. The number of aromatic nitrogens is 3. The van der Waals surface area contributed by atoms with Crippen LogP contribution in [0.1, 0.15) is 18.4 Å². The molecule has 7 heteroatoms. The van der Waals surface area contributed by atoms with E-state index in [1.54, 1.807) is 23.1 Å². The van der Waals surface area contributed by atoms with E-state index in [1.165, 1.54) is 6.33 Å². The number of nitrogens with zero attached hydrogens (tertiary/aromatic N) is 3. The standard InChI is InChI=1S/C14H14N4O3/c19-12(14(4-5-14)13(20)21)17-11-3-1-2-10(6-11)7-18-9-15-8-16-18/h1-3,6,8-9H,4-5,7H2,(H,17,19)(H,20,21). The Morgan fingerprint density at radius 3 is 2.81 bits per heavy atom. The summed E-state index contributed by atoms with van der Waals surface area (Å²) in [5.74, 6) is -1.51. The molecule has 1 amide bonds. The molecule has 0 radical (unpaired) electrons. The van der Waals surface area contributed by atoms with Crippen molar-refractivity contribution < 1.29 is 14.7 Å². The Balaban J connectivity index is 1.72. The molecule has 0 atom stereocenters. The van der Waals surface area contributed by atoms with E-state index in [0.29, 0.717) is 25.1 Å². The Bertz CT molecular complexity index is 677. The Kier molecular flexibility index (Phi) is 3.17. The third-order valence-corrected chi connectivity index (χ3v) is 3.59. The third-order valence-electron chi connectivity index (χ3n) is 3.59. The number of carbonyl (C=O) groups is 2. The Labute approximate surface area is 120 Å². The number of amides is 1. The van der Waals surface area contributed by atoms with Crippen molar-refractivity contribution in [1.82, 2.24) is 14.8 Å². The van der Waals surface area contributed by atoms with Gasteiger partial charge in [-0.25, -0.2) is 9.67 Å². The summed E-state index contributed by atoms with van der Waals surface area (Å²) in [7, 11) is 0. The Morgan fingerprint density at radius 2 is 2.19 bits per heavy atom. The first-order valence-electron chi connectivity index (χ1n) is 6.56. The maximum absolute atomic E-state index is 12.0. The van der Waals surface area contributed by atoms with Gasteiger partial charge in [-0.1, -0.05) is 12.1 Å². The zero-order valence-corrected chi connectivity index (χ0v) is 11.2. The molecule has 0 unspecified atom stereocenters. The average molecular weight is 286 g/mol.